The summed E-state index contributed by atoms with van der Waals surface area (Å²) >= 11 is 0. The van der Waals surface area contributed by atoms with Crippen molar-refractivity contribution < 1.29 is 0 Å². The fourth-order valence-corrected chi connectivity index (χ4v) is 1.83. The van der Waals surface area contributed by atoms with Crippen LogP contribution in [0.25, 0.3) is 0 Å². The molecule has 0 fully saturated rings. The predicted octanol–water partition coefficient (Wildman–Crippen LogP) is 4.54. The Morgan fingerprint density at radius 2 is 1.82 bits per heavy atom. The predicted molar refractivity (Wildman–Crippen MR) is 75.7 cm³/mol. The van der Waals surface area contributed by atoms with Crippen LogP contribution in [0.5, 0.6) is 0 Å². The van der Waals surface area contributed by atoms with E-state index in [0.29, 0.717) is 0 Å². The average molecular weight is 224 g/mol. The van der Waals surface area contributed by atoms with Gasteiger partial charge in [0.1, 0.15) is 0 Å². The van der Waals surface area contributed by atoms with E-state index in [2.05, 4.69) is 61.2 Å². The Bertz CT molecular complexity index is 450. The third-order valence-electron chi connectivity index (χ3n) is 2.77. The monoisotopic (exact) mass is 224 g/mol. The van der Waals surface area contributed by atoms with Gasteiger partial charge in [0.25, 0.3) is 0 Å². The van der Waals surface area contributed by atoms with Crippen LogP contribution in [0.3, 0.4) is 0 Å². The molecule has 0 bridgehead atoms. The van der Waals surface area contributed by atoms with E-state index in [4.69, 9.17) is 0 Å². The highest BCUT2D eigenvalue weighted by Crippen LogP contribution is 2.16. The summed E-state index contributed by atoms with van der Waals surface area (Å²) in [7, 11) is 0. The van der Waals surface area contributed by atoms with E-state index in [0.717, 1.165) is 18.4 Å². The minimum Gasteiger partial charge on any atom is -0.101 e. The van der Waals surface area contributed by atoms with Crippen LogP contribution < -0.4 is 0 Å². The molecule has 1 aromatic rings. The largest absolute Gasteiger partial charge is 0.101 e. The molecule has 0 N–H and O–H groups in total. The van der Waals surface area contributed by atoms with E-state index in [1.54, 1.807) is 0 Å². The number of hydrogen-bond donors (Lipinski definition) is 0. The quantitative estimate of drug-likeness (QED) is 0.520. The maximum absolute atomic E-state index is 3.16. The van der Waals surface area contributed by atoms with Crippen molar-refractivity contribution >= 4 is 0 Å². The first-order valence-electron chi connectivity index (χ1n) is 6.10. The Morgan fingerprint density at radius 1 is 1.12 bits per heavy atom. The maximum Gasteiger partial charge on any atom is 0.0231 e. The molecular weight excluding hydrogens is 204 g/mol. The van der Waals surface area contributed by atoms with E-state index in [1.165, 1.54) is 11.1 Å². The molecule has 0 saturated heterocycles. The molecule has 88 valence electrons. The topological polar surface area (TPSA) is 0 Å². The van der Waals surface area contributed by atoms with Gasteiger partial charge in [-0.3, -0.25) is 0 Å². The van der Waals surface area contributed by atoms with Crippen LogP contribution in [0.1, 0.15) is 32.8 Å². The minimum absolute atomic E-state index is 1.05. The van der Waals surface area contributed by atoms with Crippen LogP contribution in [-0.2, 0) is 6.42 Å². The summed E-state index contributed by atoms with van der Waals surface area (Å²) in [5.74, 6) is 6.13. The van der Waals surface area contributed by atoms with Crippen molar-refractivity contribution in [2.75, 3.05) is 0 Å². The van der Waals surface area contributed by atoms with Crippen LogP contribution in [0.15, 0.2) is 53.6 Å². The van der Waals surface area contributed by atoms with Crippen LogP contribution >= 0.6 is 0 Å². The van der Waals surface area contributed by atoms with Crippen molar-refractivity contribution in [2.45, 2.75) is 33.6 Å². The van der Waals surface area contributed by atoms with Gasteiger partial charge in [0.15, 0.2) is 0 Å². The van der Waals surface area contributed by atoms with Crippen molar-refractivity contribution in [3.8, 4) is 11.8 Å². The van der Waals surface area contributed by atoms with Crippen molar-refractivity contribution in [3.63, 3.8) is 0 Å². The lowest BCUT2D eigenvalue weighted by Crippen LogP contribution is -1.92. The van der Waals surface area contributed by atoms with Crippen molar-refractivity contribution in [1.29, 1.82) is 0 Å². The summed E-state index contributed by atoms with van der Waals surface area (Å²) in [6, 6.07) is 10.6. The lowest BCUT2D eigenvalue weighted by molar-refractivity contribution is 0.953. The SMILES string of the molecule is CC#CC(=C/C)/C(=C\C)CCc1ccccc1. The fraction of sp³-hybridized carbons (Fsp3) is 0.294. The first-order chi connectivity index (χ1) is 8.31. The first-order valence-corrected chi connectivity index (χ1v) is 6.10. The summed E-state index contributed by atoms with van der Waals surface area (Å²) in [5, 5.41) is 0. The molecule has 0 radical (unpaired) electrons. The lowest BCUT2D eigenvalue weighted by atomic mass is 9.98. The van der Waals surface area contributed by atoms with Gasteiger partial charge in [-0.2, -0.15) is 0 Å². The van der Waals surface area contributed by atoms with Gasteiger partial charge in [-0.05, 0) is 44.7 Å². The van der Waals surface area contributed by atoms with Crippen LogP contribution in [0.4, 0.5) is 0 Å². The molecule has 0 atom stereocenters. The lowest BCUT2D eigenvalue weighted by Gasteiger charge is -2.06. The second-order valence-electron chi connectivity index (χ2n) is 3.88. The standard InChI is InChI=1S/C17H20/c1-4-10-16(5-2)17(6-3)14-13-15-11-8-7-9-12-15/h5-9,11-12H,13-14H2,1-3H3/b16-5-,17-6-. The molecule has 0 heterocycles. The molecule has 17 heavy (non-hydrogen) atoms. The molecule has 0 spiro atoms. The molecule has 1 aromatic carbocycles. The second kappa shape index (κ2) is 7.52. The number of hydrogen-bond acceptors (Lipinski definition) is 0. The van der Waals surface area contributed by atoms with Crippen LogP contribution in [0.2, 0.25) is 0 Å². The molecule has 0 aliphatic carbocycles. The summed E-state index contributed by atoms with van der Waals surface area (Å²) in [6.45, 7) is 6.01. The molecule has 0 nitrogen and oxygen atoms in total. The van der Waals surface area contributed by atoms with Crippen molar-refractivity contribution in [1.82, 2.24) is 0 Å². The van der Waals surface area contributed by atoms with E-state index < -0.39 is 0 Å². The summed E-state index contributed by atoms with van der Waals surface area (Å²) in [5.41, 5.74) is 3.88. The van der Waals surface area contributed by atoms with Crippen molar-refractivity contribution in [3.05, 3.63) is 59.2 Å². The Balaban J connectivity index is 2.68. The maximum atomic E-state index is 3.16. The first kappa shape index (κ1) is 13.3. The molecule has 0 aliphatic rings. The molecule has 0 heteroatoms. The number of rotatable bonds is 4. The molecule has 0 saturated carbocycles. The summed E-state index contributed by atoms with van der Waals surface area (Å²) in [4.78, 5) is 0. The van der Waals surface area contributed by atoms with Gasteiger partial charge in [-0.25, -0.2) is 0 Å². The van der Waals surface area contributed by atoms with Gasteiger partial charge < -0.3 is 0 Å². The highest BCUT2D eigenvalue weighted by atomic mass is 14.1. The molecule has 0 unspecified atom stereocenters. The van der Waals surface area contributed by atoms with E-state index >= 15 is 0 Å². The third-order valence-corrected chi connectivity index (χ3v) is 2.77. The van der Waals surface area contributed by atoms with Crippen LogP contribution in [-0.4, -0.2) is 0 Å². The number of benzene rings is 1. The van der Waals surface area contributed by atoms with Gasteiger partial charge in [0, 0.05) is 5.57 Å². The number of allylic oxidation sites excluding steroid dienone is 4. The van der Waals surface area contributed by atoms with Gasteiger partial charge in [-0.15, -0.1) is 5.92 Å². The zero-order chi connectivity index (χ0) is 12.5. The third kappa shape index (κ3) is 4.33. The molecule has 0 amide bonds. The van der Waals surface area contributed by atoms with E-state index in [9.17, 15) is 0 Å². The van der Waals surface area contributed by atoms with Crippen LogP contribution in [0, 0.1) is 11.8 Å². The molecule has 1 rings (SSSR count). The summed E-state index contributed by atoms with van der Waals surface area (Å²) in [6.07, 6.45) is 6.39. The number of aryl methyl sites for hydroxylation is 1. The normalized spacial score (nSPS) is 11.9. The van der Waals surface area contributed by atoms with Gasteiger partial charge >= 0.3 is 0 Å². The van der Waals surface area contributed by atoms with Gasteiger partial charge in [0.2, 0.25) is 0 Å². The van der Waals surface area contributed by atoms with Gasteiger partial charge in [0.05, 0.1) is 0 Å². The zero-order valence-corrected chi connectivity index (χ0v) is 11.0. The Morgan fingerprint density at radius 3 is 2.35 bits per heavy atom. The minimum atomic E-state index is 1.05. The highest BCUT2D eigenvalue weighted by Gasteiger charge is 2.01. The Hall–Kier alpha value is -1.74. The fourth-order valence-electron chi connectivity index (χ4n) is 1.83. The Labute approximate surface area is 105 Å². The second-order valence-corrected chi connectivity index (χ2v) is 3.88. The molecular formula is C17H20. The Kier molecular flexibility index (Phi) is 5.89. The molecule has 0 aromatic heterocycles. The van der Waals surface area contributed by atoms with Gasteiger partial charge in [-0.1, -0.05) is 48.4 Å². The van der Waals surface area contributed by atoms with E-state index in [-0.39, 0.29) is 0 Å². The smallest absolute Gasteiger partial charge is 0.0231 e. The van der Waals surface area contributed by atoms with Crippen molar-refractivity contribution in [2.24, 2.45) is 0 Å². The van der Waals surface area contributed by atoms with E-state index in [1.807, 2.05) is 13.8 Å². The average Bonchev–Trinajstić information content (AvgIpc) is 2.39. The summed E-state index contributed by atoms with van der Waals surface area (Å²) < 4.78 is 0. The highest BCUT2D eigenvalue weighted by molar-refractivity contribution is 5.45. The zero-order valence-electron chi connectivity index (χ0n) is 11.0. The molecule has 0 aliphatic heterocycles.